The lowest BCUT2D eigenvalue weighted by Crippen LogP contribution is -2.19. The molecule has 0 atom stereocenters. The normalized spacial score (nSPS) is 11.2. The average Bonchev–Trinajstić information content (AvgIpc) is 2.81. The van der Waals surface area contributed by atoms with Gasteiger partial charge in [-0.1, -0.05) is 32.0 Å². The molecule has 2 aromatic rings. The molecule has 0 aliphatic rings. The quantitative estimate of drug-likeness (QED) is 0.879. The van der Waals surface area contributed by atoms with Crippen molar-refractivity contribution in [3.8, 4) is 0 Å². The Balaban J connectivity index is 1.99. The first-order valence-electron chi connectivity index (χ1n) is 7.20. The van der Waals surface area contributed by atoms with E-state index in [9.17, 15) is 0 Å². The summed E-state index contributed by atoms with van der Waals surface area (Å²) in [4.78, 5) is 4.36. The van der Waals surface area contributed by atoms with E-state index in [-0.39, 0.29) is 0 Å². The lowest BCUT2D eigenvalue weighted by Gasteiger charge is -2.09. The van der Waals surface area contributed by atoms with E-state index in [1.807, 2.05) is 11.0 Å². The van der Waals surface area contributed by atoms with Crippen molar-refractivity contribution in [2.24, 2.45) is 5.92 Å². The van der Waals surface area contributed by atoms with Gasteiger partial charge < -0.3 is 5.32 Å². The van der Waals surface area contributed by atoms with Gasteiger partial charge in [0.1, 0.15) is 6.33 Å². The van der Waals surface area contributed by atoms with Gasteiger partial charge in [-0.3, -0.25) is 0 Å². The predicted octanol–water partition coefficient (Wildman–Crippen LogP) is 2.69. The Hall–Kier alpha value is -1.68. The molecule has 1 N–H and O–H groups in total. The average molecular weight is 272 g/mol. The van der Waals surface area contributed by atoms with Crippen molar-refractivity contribution in [1.82, 2.24) is 20.1 Å². The summed E-state index contributed by atoms with van der Waals surface area (Å²) >= 11 is 0. The second-order valence-corrected chi connectivity index (χ2v) is 5.75. The molecule has 1 aromatic heterocycles. The molecular weight excluding hydrogens is 248 g/mol. The van der Waals surface area contributed by atoms with E-state index in [4.69, 9.17) is 0 Å². The molecule has 0 aliphatic heterocycles. The van der Waals surface area contributed by atoms with Crippen LogP contribution in [0, 0.1) is 19.8 Å². The third-order valence-electron chi connectivity index (χ3n) is 3.38. The molecule has 0 saturated heterocycles. The number of nitrogens with one attached hydrogen (secondary N) is 1. The van der Waals surface area contributed by atoms with Crippen LogP contribution in [-0.2, 0) is 13.1 Å². The highest BCUT2D eigenvalue weighted by Gasteiger charge is 2.06. The van der Waals surface area contributed by atoms with Gasteiger partial charge in [0.05, 0.1) is 13.1 Å². The highest BCUT2D eigenvalue weighted by molar-refractivity contribution is 5.33. The zero-order valence-electron chi connectivity index (χ0n) is 12.8. The number of hydrogen-bond donors (Lipinski definition) is 1. The third kappa shape index (κ3) is 3.90. The Kier molecular flexibility index (Phi) is 4.90. The summed E-state index contributed by atoms with van der Waals surface area (Å²) in [5, 5.41) is 7.89. The number of aromatic nitrogens is 3. The first kappa shape index (κ1) is 14.7. The minimum absolute atomic E-state index is 0.645. The van der Waals surface area contributed by atoms with Crippen molar-refractivity contribution >= 4 is 0 Å². The molecule has 2 rings (SSSR count). The monoisotopic (exact) mass is 272 g/mol. The molecule has 4 nitrogen and oxygen atoms in total. The molecule has 1 aromatic carbocycles. The Bertz CT molecular complexity index is 537. The molecule has 4 heteroatoms. The Morgan fingerprint density at radius 1 is 1.20 bits per heavy atom. The summed E-state index contributed by atoms with van der Waals surface area (Å²) in [5.41, 5.74) is 3.94. The Morgan fingerprint density at radius 2 is 1.90 bits per heavy atom. The molecule has 0 spiro atoms. The summed E-state index contributed by atoms with van der Waals surface area (Å²) in [6, 6.07) is 6.38. The van der Waals surface area contributed by atoms with E-state index in [1.165, 1.54) is 16.7 Å². The number of aryl methyl sites for hydroxylation is 2. The van der Waals surface area contributed by atoms with Crippen LogP contribution in [0.25, 0.3) is 0 Å². The van der Waals surface area contributed by atoms with Crippen LogP contribution in [-0.4, -0.2) is 21.3 Å². The largest absolute Gasteiger partial charge is 0.310 e. The van der Waals surface area contributed by atoms with Gasteiger partial charge in [-0.25, -0.2) is 9.67 Å². The smallest absolute Gasteiger partial charge is 0.164 e. The fourth-order valence-electron chi connectivity index (χ4n) is 2.22. The topological polar surface area (TPSA) is 42.7 Å². The fraction of sp³-hybridized carbons (Fsp3) is 0.500. The Labute approximate surface area is 121 Å². The first-order chi connectivity index (χ1) is 9.56. The lowest BCUT2D eigenvalue weighted by molar-refractivity contribution is 0.539. The fourth-order valence-corrected chi connectivity index (χ4v) is 2.22. The molecule has 0 fully saturated rings. The van der Waals surface area contributed by atoms with E-state index in [1.54, 1.807) is 0 Å². The highest BCUT2D eigenvalue weighted by atomic mass is 15.3. The minimum atomic E-state index is 0.645. The second kappa shape index (κ2) is 6.66. The van der Waals surface area contributed by atoms with E-state index >= 15 is 0 Å². The van der Waals surface area contributed by atoms with Crippen molar-refractivity contribution in [1.29, 1.82) is 0 Å². The number of benzene rings is 1. The van der Waals surface area contributed by atoms with E-state index in [0.29, 0.717) is 5.92 Å². The molecule has 0 aliphatic carbocycles. The molecule has 108 valence electrons. The molecular formula is C16H24N4. The summed E-state index contributed by atoms with van der Waals surface area (Å²) in [6.07, 6.45) is 1.82. The van der Waals surface area contributed by atoms with Crippen LogP contribution in [0.2, 0.25) is 0 Å². The zero-order valence-corrected chi connectivity index (χ0v) is 12.8. The van der Waals surface area contributed by atoms with Crippen LogP contribution in [0.1, 0.15) is 36.4 Å². The third-order valence-corrected chi connectivity index (χ3v) is 3.38. The maximum absolute atomic E-state index is 4.53. The standard InChI is InChI=1S/C16H24N4/c1-12(2)8-17-9-16-18-11-20(19-16)10-15-13(3)6-5-7-14(15)4/h5-7,11-12,17H,8-10H2,1-4H3. The summed E-state index contributed by atoms with van der Waals surface area (Å²) in [5.74, 6) is 1.50. The molecule has 0 amide bonds. The van der Waals surface area contributed by atoms with Crippen LogP contribution < -0.4 is 5.32 Å². The highest BCUT2D eigenvalue weighted by Crippen LogP contribution is 2.14. The Morgan fingerprint density at radius 3 is 2.55 bits per heavy atom. The van der Waals surface area contributed by atoms with Crippen molar-refractivity contribution in [3.05, 3.63) is 47.0 Å². The van der Waals surface area contributed by atoms with Crippen LogP contribution in [0.4, 0.5) is 0 Å². The van der Waals surface area contributed by atoms with Crippen LogP contribution in [0.15, 0.2) is 24.5 Å². The molecule has 1 heterocycles. The molecule has 0 unspecified atom stereocenters. The van der Waals surface area contributed by atoms with Gasteiger partial charge in [-0.15, -0.1) is 0 Å². The van der Waals surface area contributed by atoms with Crippen LogP contribution >= 0.6 is 0 Å². The van der Waals surface area contributed by atoms with Crippen molar-refractivity contribution < 1.29 is 0 Å². The number of nitrogens with zero attached hydrogens (tertiary/aromatic N) is 3. The van der Waals surface area contributed by atoms with Gasteiger partial charge >= 0.3 is 0 Å². The summed E-state index contributed by atoms with van der Waals surface area (Å²) < 4.78 is 1.92. The maximum atomic E-state index is 4.53. The number of rotatable bonds is 6. The maximum Gasteiger partial charge on any atom is 0.164 e. The summed E-state index contributed by atoms with van der Waals surface area (Å²) in [6.45, 7) is 11.2. The van der Waals surface area contributed by atoms with E-state index in [0.717, 1.165) is 25.5 Å². The van der Waals surface area contributed by atoms with Crippen molar-refractivity contribution in [3.63, 3.8) is 0 Å². The predicted molar refractivity (Wildman–Crippen MR) is 81.6 cm³/mol. The first-order valence-corrected chi connectivity index (χ1v) is 7.20. The zero-order chi connectivity index (χ0) is 14.5. The van der Waals surface area contributed by atoms with Crippen LogP contribution in [0.3, 0.4) is 0 Å². The van der Waals surface area contributed by atoms with Gasteiger partial charge in [0.25, 0.3) is 0 Å². The SMILES string of the molecule is Cc1cccc(C)c1Cn1cnc(CNCC(C)C)n1. The van der Waals surface area contributed by atoms with Crippen molar-refractivity contribution in [2.75, 3.05) is 6.54 Å². The van der Waals surface area contributed by atoms with E-state index < -0.39 is 0 Å². The lowest BCUT2D eigenvalue weighted by atomic mass is 10.0. The molecule has 0 bridgehead atoms. The van der Waals surface area contributed by atoms with Crippen LogP contribution in [0.5, 0.6) is 0 Å². The molecule has 20 heavy (non-hydrogen) atoms. The van der Waals surface area contributed by atoms with Gasteiger partial charge in [0.15, 0.2) is 5.82 Å². The van der Waals surface area contributed by atoms with Gasteiger partial charge in [-0.2, -0.15) is 5.10 Å². The van der Waals surface area contributed by atoms with Gasteiger partial charge in [0, 0.05) is 0 Å². The molecule has 0 radical (unpaired) electrons. The van der Waals surface area contributed by atoms with E-state index in [2.05, 4.69) is 61.3 Å². The van der Waals surface area contributed by atoms with Crippen molar-refractivity contribution in [2.45, 2.75) is 40.8 Å². The summed E-state index contributed by atoms with van der Waals surface area (Å²) in [7, 11) is 0. The van der Waals surface area contributed by atoms with Gasteiger partial charge in [0.2, 0.25) is 0 Å². The molecule has 0 saturated carbocycles. The number of hydrogen-bond acceptors (Lipinski definition) is 3. The minimum Gasteiger partial charge on any atom is -0.310 e. The second-order valence-electron chi connectivity index (χ2n) is 5.75. The van der Waals surface area contributed by atoms with Gasteiger partial charge in [-0.05, 0) is 43.0 Å².